The summed E-state index contributed by atoms with van der Waals surface area (Å²) in [6, 6.07) is 0.462. The van der Waals surface area contributed by atoms with Gasteiger partial charge in [0.05, 0.1) is 13.2 Å². The molecule has 1 aromatic rings. The van der Waals surface area contributed by atoms with E-state index in [1.54, 1.807) is 0 Å². The van der Waals surface area contributed by atoms with E-state index in [1.165, 1.54) is 0 Å². The zero-order valence-electron chi connectivity index (χ0n) is 9.48. The second-order valence-electron chi connectivity index (χ2n) is 3.12. The van der Waals surface area contributed by atoms with E-state index in [4.69, 9.17) is 26.1 Å². The van der Waals surface area contributed by atoms with Crippen LogP contribution in [-0.2, 0) is 20.2 Å². The molecule has 1 rings (SSSR count). The van der Waals surface area contributed by atoms with Gasteiger partial charge in [0, 0.05) is 0 Å². The Morgan fingerprint density at radius 2 is 1.75 bits per heavy atom. The van der Waals surface area contributed by atoms with Crippen LogP contribution in [0, 0.1) is 5.39 Å². The van der Waals surface area contributed by atoms with Crippen LogP contribution in [0.15, 0.2) is 15.9 Å². The molecule has 112 valence electrons. The number of hydrogen-bond donors (Lipinski definition) is 2. The lowest BCUT2D eigenvalue weighted by Crippen LogP contribution is -3.00. The highest BCUT2D eigenvalue weighted by molar-refractivity contribution is 7.86. The Bertz CT molecular complexity index is 782. The van der Waals surface area contributed by atoms with Crippen molar-refractivity contribution in [3.05, 3.63) is 16.1 Å². The van der Waals surface area contributed by atoms with Crippen LogP contribution < -0.4 is 17.1 Å². The van der Waals surface area contributed by atoms with Crippen LogP contribution in [0.3, 0.4) is 0 Å². The molecule has 0 atom stereocenters. The van der Waals surface area contributed by atoms with Gasteiger partial charge in [-0.1, -0.05) is 11.6 Å². The predicted molar refractivity (Wildman–Crippen MR) is 62.4 cm³/mol. The lowest BCUT2D eigenvalue weighted by molar-refractivity contribution is -0.0000127. The van der Waals surface area contributed by atoms with Crippen molar-refractivity contribution >= 4 is 37.5 Å². The van der Waals surface area contributed by atoms with E-state index in [2.05, 4.69) is 9.71 Å². The van der Waals surface area contributed by atoms with Gasteiger partial charge in [-0.15, -0.1) is 0 Å². The Morgan fingerprint density at radius 1 is 1.25 bits per heavy atom. The van der Waals surface area contributed by atoms with Crippen molar-refractivity contribution in [1.29, 1.82) is 5.39 Å². The molecule has 0 aliphatic rings. The molecule has 0 saturated heterocycles. The Balaban J connectivity index is 0.00000361. The topological polar surface area (TPSA) is 146 Å². The van der Waals surface area contributed by atoms with Gasteiger partial charge in [-0.2, -0.15) is 16.8 Å². The summed E-state index contributed by atoms with van der Waals surface area (Å²) in [4.78, 5) is 0.536. The SMILES string of the molecule is COc1c(Cl)c(S(=O)(=O)O)cc([N+]#N)c1S(=O)(=O)O.[Cl-]. The lowest BCUT2D eigenvalue weighted by Gasteiger charge is -2.08. The highest BCUT2D eigenvalue weighted by Gasteiger charge is 2.36. The van der Waals surface area contributed by atoms with Crippen LogP contribution in [0.2, 0.25) is 5.02 Å². The molecule has 20 heavy (non-hydrogen) atoms. The van der Waals surface area contributed by atoms with Crippen molar-refractivity contribution in [2.24, 2.45) is 0 Å². The highest BCUT2D eigenvalue weighted by atomic mass is 35.5. The zero-order valence-corrected chi connectivity index (χ0v) is 12.6. The molecule has 0 aliphatic carbocycles. The molecule has 0 heterocycles. The first-order valence-electron chi connectivity index (χ1n) is 4.24. The Hall–Kier alpha value is -1.16. The van der Waals surface area contributed by atoms with Crippen LogP contribution in [0.5, 0.6) is 5.75 Å². The maximum Gasteiger partial charge on any atom is 0.411 e. The van der Waals surface area contributed by atoms with Crippen molar-refractivity contribution in [3.8, 4) is 5.75 Å². The fourth-order valence-electron chi connectivity index (χ4n) is 1.27. The van der Waals surface area contributed by atoms with E-state index in [0.29, 0.717) is 6.07 Å². The average Bonchev–Trinajstić information content (AvgIpc) is 2.25. The van der Waals surface area contributed by atoms with Gasteiger partial charge >= 0.3 is 15.8 Å². The van der Waals surface area contributed by atoms with Crippen molar-refractivity contribution in [2.45, 2.75) is 9.79 Å². The molecule has 0 unspecified atom stereocenters. The predicted octanol–water partition coefficient (Wildman–Crippen LogP) is -1.67. The Morgan fingerprint density at radius 3 is 2.05 bits per heavy atom. The second-order valence-corrected chi connectivity index (χ2v) is 6.25. The van der Waals surface area contributed by atoms with Crippen LogP contribution >= 0.6 is 11.6 Å². The van der Waals surface area contributed by atoms with Crippen LogP contribution in [-0.4, -0.2) is 33.1 Å². The number of nitrogens with zero attached hydrogens (tertiary/aromatic N) is 2. The molecule has 2 N–H and O–H groups in total. The summed E-state index contributed by atoms with van der Waals surface area (Å²) in [6.07, 6.45) is 0. The van der Waals surface area contributed by atoms with E-state index in [0.717, 1.165) is 7.11 Å². The minimum atomic E-state index is -4.91. The molecule has 0 amide bonds. The van der Waals surface area contributed by atoms with Crippen LogP contribution in [0.4, 0.5) is 5.69 Å². The van der Waals surface area contributed by atoms with E-state index in [1.807, 2.05) is 0 Å². The van der Waals surface area contributed by atoms with E-state index in [-0.39, 0.29) is 12.4 Å². The molecule has 13 heteroatoms. The average molecular weight is 365 g/mol. The standard InChI is InChI=1S/C7H5ClN2O7S2.ClH/c1-17-6-5(8)4(18(11,12)13)2-3(10-9)7(6)19(14,15)16;/h2H,1H3,(H-,11,12,13,14,15,16);1H. The molecule has 0 saturated carbocycles. The first-order valence-corrected chi connectivity index (χ1v) is 7.50. The Labute approximate surface area is 125 Å². The Kier molecular flexibility index (Phi) is 5.73. The summed E-state index contributed by atoms with van der Waals surface area (Å²) in [7, 11) is -8.80. The second kappa shape index (κ2) is 6.08. The number of benzene rings is 1. The minimum absolute atomic E-state index is 0. The van der Waals surface area contributed by atoms with Gasteiger partial charge in [0.15, 0.2) is 10.7 Å². The lowest BCUT2D eigenvalue weighted by atomic mass is 10.3. The molecule has 0 fully saturated rings. The molecule has 1 aromatic carbocycles. The third-order valence-corrected chi connectivity index (χ3v) is 4.25. The number of ether oxygens (including phenoxy) is 1. The fraction of sp³-hybridized carbons (Fsp3) is 0.143. The number of methoxy groups -OCH3 is 1. The van der Waals surface area contributed by atoms with E-state index in [9.17, 15) is 16.8 Å². The maximum atomic E-state index is 11.1. The van der Waals surface area contributed by atoms with Crippen LogP contribution in [0.1, 0.15) is 0 Å². The number of hydrogen-bond acceptors (Lipinski definition) is 6. The van der Waals surface area contributed by atoms with Gasteiger partial charge in [0.1, 0.15) is 9.92 Å². The first-order chi connectivity index (χ1) is 8.54. The molecule has 9 nitrogen and oxygen atoms in total. The molecule has 0 aromatic heterocycles. The molecule has 0 aliphatic heterocycles. The molecular formula is C7H6Cl2N2O7S2. The summed E-state index contributed by atoms with van der Waals surface area (Å²) >= 11 is 5.57. The fourth-order valence-corrected chi connectivity index (χ4v) is 3.21. The summed E-state index contributed by atoms with van der Waals surface area (Å²) in [5, 5.41) is 7.87. The molecular weight excluding hydrogens is 359 g/mol. The minimum Gasteiger partial charge on any atom is -1.00 e. The monoisotopic (exact) mass is 364 g/mol. The zero-order chi connectivity index (χ0) is 15.0. The largest absolute Gasteiger partial charge is 1.00 e. The van der Waals surface area contributed by atoms with Crippen molar-refractivity contribution in [3.63, 3.8) is 0 Å². The summed E-state index contributed by atoms with van der Waals surface area (Å²) in [5.41, 5.74) is -0.864. The summed E-state index contributed by atoms with van der Waals surface area (Å²) in [5.74, 6) is -0.785. The molecule has 0 spiro atoms. The summed E-state index contributed by atoms with van der Waals surface area (Å²) in [6.45, 7) is 0. The van der Waals surface area contributed by atoms with Crippen molar-refractivity contribution in [2.75, 3.05) is 7.11 Å². The van der Waals surface area contributed by atoms with E-state index >= 15 is 0 Å². The molecule has 0 radical (unpaired) electrons. The van der Waals surface area contributed by atoms with Gasteiger partial charge in [0.2, 0.25) is 10.3 Å². The maximum absolute atomic E-state index is 11.1. The number of diazo groups is 1. The number of halogens is 2. The van der Waals surface area contributed by atoms with Gasteiger partial charge in [-0.25, -0.2) is 0 Å². The smallest absolute Gasteiger partial charge is 0.411 e. The normalized spacial score (nSPS) is 11.3. The summed E-state index contributed by atoms with van der Waals surface area (Å²) < 4.78 is 66.8. The third kappa shape index (κ3) is 3.48. The third-order valence-electron chi connectivity index (χ3n) is 1.97. The van der Waals surface area contributed by atoms with Crippen molar-refractivity contribution in [1.82, 2.24) is 0 Å². The van der Waals surface area contributed by atoms with Crippen LogP contribution in [0.25, 0.3) is 4.98 Å². The van der Waals surface area contributed by atoms with Crippen molar-refractivity contribution < 1.29 is 43.1 Å². The van der Waals surface area contributed by atoms with Gasteiger partial charge in [-0.3, -0.25) is 9.11 Å². The van der Waals surface area contributed by atoms with Gasteiger partial charge in [-0.05, 0) is 0 Å². The first kappa shape index (κ1) is 18.8. The highest BCUT2D eigenvalue weighted by Crippen LogP contribution is 2.43. The molecule has 0 bridgehead atoms. The van der Waals surface area contributed by atoms with E-state index < -0.39 is 46.5 Å². The van der Waals surface area contributed by atoms with Gasteiger partial charge < -0.3 is 17.1 Å². The quantitative estimate of drug-likeness (QED) is 0.478. The number of rotatable bonds is 3. The van der Waals surface area contributed by atoms with Gasteiger partial charge in [0.25, 0.3) is 10.1 Å².